The van der Waals surface area contributed by atoms with Crippen LogP contribution < -0.4 is 5.32 Å². The first-order chi connectivity index (χ1) is 11.4. The molecule has 1 aromatic carbocycles. The molecule has 1 aliphatic carbocycles. The minimum atomic E-state index is -3.32. The highest BCUT2D eigenvalue weighted by Gasteiger charge is 2.35. The first kappa shape index (κ1) is 15.8. The van der Waals surface area contributed by atoms with Gasteiger partial charge < -0.3 is 5.32 Å². The summed E-state index contributed by atoms with van der Waals surface area (Å²) in [5, 5.41) is 3.88. The Bertz CT molecular complexity index is 914. The summed E-state index contributed by atoms with van der Waals surface area (Å²) in [7, 11) is -3.32. The number of fused-ring (bicyclic) bond motifs is 1. The zero-order chi connectivity index (χ0) is 16.9. The number of thiazole rings is 1. The number of aryl methyl sites for hydroxylation is 1. The molecule has 1 aliphatic heterocycles. The van der Waals surface area contributed by atoms with Crippen LogP contribution in [0.3, 0.4) is 0 Å². The van der Waals surface area contributed by atoms with Crippen LogP contribution in [0.2, 0.25) is 0 Å². The molecule has 1 N–H and O–H groups in total. The molecule has 5 nitrogen and oxygen atoms in total. The second kappa shape index (κ2) is 5.67. The molecule has 1 atom stereocenters. The molecule has 0 spiro atoms. The third-order valence-corrected chi connectivity index (χ3v) is 7.52. The number of carbonyl (C=O) groups excluding carboxylic acids is 1. The predicted octanol–water partition coefficient (Wildman–Crippen LogP) is 2.66. The van der Waals surface area contributed by atoms with E-state index in [0.29, 0.717) is 15.3 Å². The van der Waals surface area contributed by atoms with Gasteiger partial charge in [0.15, 0.2) is 9.84 Å². The highest BCUT2D eigenvalue weighted by molar-refractivity contribution is 7.91. The molecule has 7 heteroatoms. The summed E-state index contributed by atoms with van der Waals surface area (Å²) in [4.78, 5) is 18.0. The van der Waals surface area contributed by atoms with E-state index in [4.69, 9.17) is 0 Å². The van der Waals surface area contributed by atoms with Crippen LogP contribution in [-0.4, -0.2) is 25.1 Å². The third-order valence-electron chi connectivity index (χ3n) is 4.53. The van der Waals surface area contributed by atoms with Crippen molar-refractivity contribution in [3.8, 4) is 0 Å². The molecule has 1 unspecified atom stereocenters. The summed E-state index contributed by atoms with van der Waals surface area (Å²) in [6, 6.07) is 6.38. The van der Waals surface area contributed by atoms with Crippen molar-refractivity contribution in [2.75, 3.05) is 5.75 Å². The molecular formula is C17H18N2O3S2. The van der Waals surface area contributed by atoms with Gasteiger partial charge >= 0.3 is 0 Å². The molecule has 126 valence electrons. The molecule has 1 fully saturated rings. The normalized spacial score (nSPS) is 21.5. The van der Waals surface area contributed by atoms with Crippen molar-refractivity contribution in [2.45, 2.75) is 37.1 Å². The highest BCUT2D eigenvalue weighted by atomic mass is 32.2. The van der Waals surface area contributed by atoms with Gasteiger partial charge in [-0.25, -0.2) is 13.4 Å². The zero-order valence-electron chi connectivity index (χ0n) is 13.3. The van der Waals surface area contributed by atoms with E-state index >= 15 is 0 Å². The van der Waals surface area contributed by atoms with Crippen LogP contribution in [-0.2, 0) is 16.3 Å². The fourth-order valence-corrected chi connectivity index (χ4v) is 5.93. The predicted molar refractivity (Wildman–Crippen MR) is 92.0 cm³/mol. The molecule has 2 aromatic rings. The van der Waals surface area contributed by atoms with Gasteiger partial charge in [-0.15, -0.1) is 11.3 Å². The van der Waals surface area contributed by atoms with Crippen LogP contribution in [0.1, 0.15) is 44.8 Å². The Morgan fingerprint density at radius 1 is 1.33 bits per heavy atom. The number of nitrogens with one attached hydrogen (secondary N) is 1. The first-order valence-electron chi connectivity index (χ1n) is 8.03. The molecule has 2 aliphatic rings. The quantitative estimate of drug-likeness (QED) is 0.907. The maximum absolute atomic E-state index is 12.6. The summed E-state index contributed by atoms with van der Waals surface area (Å²) in [6.45, 7) is 1.83. The van der Waals surface area contributed by atoms with E-state index in [9.17, 15) is 13.2 Å². The number of hydrogen-bond acceptors (Lipinski definition) is 5. The molecule has 0 saturated heterocycles. The van der Waals surface area contributed by atoms with Crippen LogP contribution in [0, 0.1) is 12.8 Å². The van der Waals surface area contributed by atoms with E-state index in [1.165, 1.54) is 24.2 Å². The van der Waals surface area contributed by atoms with E-state index in [2.05, 4.69) is 10.3 Å². The summed E-state index contributed by atoms with van der Waals surface area (Å²) in [5.41, 5.74) is 1.40. The van der Waals surface area contributed by atoms with Crippen molar-refractivity contribution in [2.24, 2.45) is 5.92 Å². The monoisotopic (exact) mass is 362 g/mol. The van der Waals surface area contributed by atoms with Crippen molar-refractivity contribution in [3.05, 3.63) is 45.4 Å². The molecule has 2 heterocycles. The SMILES string of the molecule is Cc1nc(CC2CC2)sc1C(=O)NC1CS(=O)(=O)c2ccccc21. The lowest BCUT2D eigenvalue weighted by molar-refractivity contribution is 0.0944. The lowest BCUT2D eigenvalue weighted by atomic mass is 10.1. The van der Waals surface area contributed by atoms with E-state index in [-0.39, 0.29) is 11.7 Å². The number of carbonyl (C=O) groups is 1. The smallest absolute Gasteiger partial charge is 0.263 e. The van der Waals surface area contributed by atoms with Crippen molar-refractivity contribution in [1.29, 1.82) is 0 Å². The second-order valence-electron chi connectivity index (χ2n) is 6.51. The van der Waals surface area contributed by atoms with Gasteiger partial charge in [0.25, 0.3) is 5.91 Å². The average Bonchev–Trinajstić information content (AvgIpc) is 3.21. The highest BCUT2D eigenvalue weighted by Crippen LogP contribution is 2.35. The van der Waals surface area contributed by atoms with Crippen LogP contribution in [0.5, 0.6) is 0 Å². The minimum Gasteiger partial charge on any atom is -0.343 e. The van der Waals surface area contributed by atoms with Gasteiger partial charge in [-0.3, -0.25) is 4.79 Å². The Balaban J connectivity index is 1.56. The number of amides is 1. The fraction of sp³-hybridized carbons (Fsp3) is 0.412. The standard InChI is InChI=1S/C17H18N2O3S2/c1-10-16(23-15(18-10)8-11-6-7-11)17(20)19-13-9-24(21,22)14-5-3-2-4-12(13)14/h2-5,11,13H,6-9H2,1H3,(H,19,20). The Morgan fingerprint density at radius 2 is 2.08 bits per heavy atom. The molecule has 24 heavy (non-hydrogen) atoms. The molecule has 1 aromatic heterocycles. The van der Waals surface area contributed by atoms with Gasteiger partial charge in [0.05, 0.1) is 27.4 Å². The van der Waals surface area contributed by atoms with Gasteiger partial charge in [-0.1, -0.05) is 18.2 Å². The fourth-order valence-electron chi connectivity index (χ4n) is 3.11. The second-order valence-corrected chi connectivity index (χ2v) is 9.60. The van der Waals surface area contributed by atoms with Crippen LogP contribution in [0.15, 0.2) is 29.2 Å². The molecule has 0 radical (unpaired) electrons. The Hall–Kier alpha value is -1.73. The zero-order valence-corrected chi connectivity index (χ0v) is 14.9. The van der Waals surface area contributed by atoms with Gasteiger partial charge in [0.2, 0.25) is 0 Å². The van der Waals surface area contributed by atoms with Crippen molar-refractivity contribution in [1.82, 2.24) is 10.3 Å². The Labute approximate surface area is 145 Å². The number of benzene rings is 1. The molecule has 0 bridgehead atoms. The lowest BCUT2D eigenvalue weighted by Gasteiger charge is -2.12. The van der Waals surface area contributed by atoms with Crippen LogP contribution in [0.25, 0.3) is 0 Å². The third kappa shape index (κ3) is 2.86. The van der Waals surface area contributed by atoms with Crippen molar-refractivity contribution < 1.29 is 13.2 Å². The van der Waals surface area contributed by atoms with Crippen molar-refractivity contribution in [3.63, 3.8) is 0 Å². The van der Waals surface area contributed by atoms with Gasteiger partial charge in [-0.2, -0.15) is 0 Å². The maximum atomic E-state index is 12.6. The van der Waals surface area contributed by atoms with Crippen molar-refractivity contribution >= 4 is 27.1 Å². The average molecular weight is 362 g/mol. The molecular weight excluding hydrogens is 344 g/mol. The summed E-state index contributed by atoms with van der Waals surface area (Å²) in [6.07, 6.45) is 3.44. The summed E-state index contributed by atoms with van der Waals surface area (Å²) < 4.78 is 24.4. The topological polar surface area (TPSA) is 76.1 Å². The number of hydrogen-bond donors (Lipinski definition) is 1. The molecule has 1 amide bonds. The number of aromatic nitrogens is 1. The molecule has 4 rings (SSSR count). The number of sulfone groups is 1. The van der Waals surface area contributed by atoms with E-state index in [1.807, 2.05) is 6.92 Å². The van der Waals surface area contributed by atoms with E-state index in [0.717, 1.165) is 23.0 Å². The Kier molecular flexibility index (Phi) is 3.73. The first-order valence-corrected chi connectivity index (χ1v) is 10.5. The number of nitrogens with zero attached hydrogens (tertiary/aromatic N) is 1. The summed E-state index contributed by atoms with van der Waals surface area (Å²) in [5.74, 6) is 0.410. The van der Waals surface area contributed by atoms with Gasteiger partial charge in [0, 0.05) is 6.42 Å². The minimum absolute atomic E-state index is 0.0785. The van der Waals surface area contributed by atoms with E-state index in [1.54, 1.807) is 24.3 Å². The molecule has 1 saturated carbocycles. The van der Waals surface area contributed by atoms with Gasteiger partial charge in [-0.05, 0) is 37.3 Å². The summed E-state index contributed by atoms with van der Waals surface area (Å²) >= 11 is 1.43. The largest absolute Gasteiger partial charge is 0.343 e. The van der Waals surface area contributed by atoms with Crippen LogP contribution >= 0.6 is 11.3 Å². The number of rotatable bonds is 4. The maximum Gasteiger partial charge on any atom is 0.263 e. The Morgan fingerprint density at radius 3 is 2.83 bits per heavy atom. The van der Waals surface area contributed by atoms with E-state index < -0.39 is 15.9 Å². The lowest BCUT2D eigenvalue weighted by Crippen LogP contribution is -2.29. The van der Waals surface area contributed by atoms with Crippen LogP contribution in [0.4, 0.5) is 0 Å². The van der Waals surface area contributed by atoms with Gasteiger partial charge in [0.1, 0.15) is 4.88 Å².